The van der Waals surface area contributed by atoms with E-state index in [1.54, 1.807) is 0 Å². The van der Waals surface area contributed by atoms with Gasteiger partial charge in [0.25, 0.3) is 0 Å². The van der Waals surface area contributed by atoms with E-state index in [1.165, 1.54) is 0 Å². The third kappa shape index (κ3) is 2.82. The van der Waals surface area contributed by atoms with Gasteiger partial charge in [0.1, 0.15) is 0 Å². The molecule has 1 nitrogen and oxygen atoms in total. The van der Waals surface area contributed by atoms with Gasteiger partial charge in [-0.15, -0.1) is 0 Å². The molecule has 1 aliphatic carbocycles. The Morgan fingerprint density at radius 1 is 1.28 bits per heavy atom. The van der Waals surface area contributed by atoms with Crippen molar-refractivity contribution in [3.63, 3.8) is 0 Å². The lowest BCUT2D eigenvalue weighted by molar-refractivity contribution is 0.219. The predicted molar refractivity (Wildman–Crippen MR) is 75.8 cm³/mol. The Balaban J connectivity index is 2.24. The number of rotatable bonds is 2. The summed E-state index contributed by atoms with van der Waals surface area (Å²) < 4.78 is 0. The third-order valence-corrected chi connectivity index (χ3v) is 4.75. The van der Waals surface area contributed by atoms with Crippen molar-refractivity contribution in [3.05, 3.63) is 33.8 Å². The van der Waals surface area contributed by atoms with Crippen molar-refractivity contribution in [2.75, 3.05) is 0 Å². The average molecular weight is 282 g/mol. The molecule has 0 radical (unpaired) electrons. The van der Waals surface area contributed by atoms with Gasteiger partial charge in [-0.2, -0.15) is 5.26 Å². The average Bonchev–Trinajstić information content (AvgIpc) is 2.37. The van der Waals surface area contributed by atoms with E-state index in [4.69, 9.17) is 23.2 Å². The van der Waals surface area contributed by atoms with Gasteiger partial charge in [-0.1, -0.05) is 36.2 Å². The highest BCUT2D eigenvalue weighted by atomic mass is 35.5. The molecule has 0 spiro atoms. The molecule has 2 rings (SSSR count). The molecule has 0 aliphatic heterocycles. The van der Waals surface area contributed by atoms with Crippen LogP contribution >= 0.6 is 23.2 Å². The number of hydrogen-bond acceptors (Lipinski definition) is 1. The van der Waals surface area contributed by atoms with Gasteiger partial charge in [0.2, 0.25) is 0 Å². The lowest BCUT2D eigenvalue weighted by atomic mass is 9.69. The first-order valence-electron chi connectivity index (χ1n) is 6.40. The molecule has 0 bridgehead atoms. The molecule has 1 saturated carbocycles. The Hall–Kier alpha value is -0.710. The van der Waals surface area contributed by atoms with E-state index in [2.05, 4.69) is 13.0 Å². The van der Waals surface area contributed by atoms with E-state index in [9.17, 15) is 5.26 Å². The van der Waals surface area contributed by atoms with E-state index in [1.807, 2.05) is 18.2 Å². The Morgan fingerprint density at radius 3 is 2.33 bits per heavy atom. The molecule has 1 aromatic carbocycles. The number of benzene rings is 1. The van der Waals surface area contributed by atoms with E-state index in [0.717, 1.165) is 37.2 Å². The molecule has 0 aromatic heterocycles. The fourth-order valence-corrected chi connectivity index (χ4v) is 3.21. The molecule has 96 valence electrons. The van der Waals surface area contributed by atoms with Crippen LogP contribution in [0.15, 0.2) is 18.2 Å². The summed E-state index contributed by atoms with van der Waals surface area (Å²) in [5, 5.41) is 10.9. The lowest BCUT2D eigenvalue weighted by Gasteiger charge is -2.34. The molecule has 0 atom stereocenters. The largest absolute Gasteiger partial charge is 0.198 e. The summed E-state index contributed by atoms with van der Waals surface area (Å²) in [5.41, 5.74) is 0.651. The quantitative estimate of drug-likeness (QED) is 0.726. The number of nitriles is 1. The molecule has 0 unspecified atom stereocenters. The Bertz CT molecular complexity index is 448. The molecular formula is C15H17Cl2N. The van der Waals surface area contributed by atoms with E-state index in [0.29, 0.717) is 16.5 Å². The molecule has 3 heteroatoms. The first kappa shape index (κ1) is 13.7. The van der Waals surface area contributed by atoms with Crippen molar-refractivity contribution in [1.82, 2.24) is 0 Å². The standard InChI is InChI=1S/C15H17Cl2N/c1-11-5-7-15(10-18,8-6-11)9-12-13(16)3-2-4-14(12)17/h2-4,11H,5-9H2,1H3. The SMILES string of the molecule is CC1CCC(C#N)(Cc2c(Cl)cccc2Cl)CC1. The fourth-order valence-electron chi connectivity index (χ4n) is 2.68. The summed E-state index contributed by atoms with van der Waals surface area (Å²) in [7, 11) is 0. The zero-order valence-electron chi connectivity index (χ0n) is 10.5. The molecule has 1 aliphatic rings. The molecule has 0 saturated heterocycles. The number of hydrogen-bond donors (Lipinski definition) is 0. The van der Waals surface area contributed by atoms with Gasteiger partial charge in [0.15, 0.2) is 0 Å². The fraction of sp³-hybridized carbons (Fsp3) is 0.533. The van der Waals surface area contributed by atoms with Crippen molar-refractivity contribution in [1.29, 1.82) is 5.26 Å². The van der Waals surface area contributed by atoms with E-state index >= 15 is 0 Å². The first-order chi connectivity index (χ1) is 8.56. The zero-order chi connectivity index (χ0) is 13.2. The van der Waals surface area contributed by atoms with Gasteiger partial charge in [-0.05, 0) is 55.7 Å². The normalized spacial score (nSPS) is 27.8. The van der Waals surface area contributed by atoms with Crippen LogP contribution in [-0.2, 0) is 6.42 Å². The molecule has 1 aromatic rings. The smallest absolute Gasteiger partial charge is 0.0693 e. The second kappa shape index (κ2) is 5.51. The summed E-state index contributed by atoms with van der Waals surface area (Å²) in [5.74, 6) is 0.730. The van der Waals surface area contributed by atoms with Crippen LogP contribution in [-0.4, -0.2) is 0 Å². The number of nitrogens with zero attached hydrogens (tertiary/aromatic N) is 1. The minimum Gasteiger partial charge on any atom is -0.198 e. The van der Waals surface area contributed by atoms with Crippen molar-refractivity contribution < 1.29 is 0 Å². The van der Waals surface area contributed by atoms with Gasteiger partial charge >= 0.3 is 0 Å². The second-order valence-electron chi connectivity index (χ2n) is 5.45. The Labute approximate surface area is 119 Å². The molecule has 1 fully saturated rings. The molecule has 18 heavy (non-hydrogen) atoms. The van der Waals surface area contributed by atoms with Crippen LogP contribution in [0, 0.1) is 22.7 Å². The molecule has 0 N–H and O–H groups in total. The van der Waals surface area contributed by atoms with Crippen LogP contribution in [0.3, 0.4) is 0 Å². The minimum absolute atomic E-state index is 0.277. The molecular weight excluding hydrogens is 265 g/mol. The van der Waals surface area contributed by atoms with Gasteiger partial charge in [0, 0.05) is 10.0 Å². The maximum Gasteiger partial charge on any atom is 0.0693 e. The van der Waals surface area contributed by atoms with Crippen molar-refractivity contribution in [2.45, 2.75) is 39.0 Å². The van der Waals surface area contributed by atoms with Gasteiger partial charge in [-0.3, -0.25) is 0 Å². The monoisotopic (exact) mass is 281 g/mol. The zero-order valence-corrected chi connectivity index (χ0v) is 12.1. The highest BCUT2D eigenvalue weighted by molar-refractivity contribution is 6.36. The van der Waals surface area contributed by atoms with Crippen LogP contribution in [0.4, 0.5) is 0 Å². The van der Waals surface area contributed by atoms with Crippen molar-refractivity contribution in [3.8, 4) is 6.07 Å². The topological polar surface area (TPSA) is 23.8 Å². The van der Waals surface area contributed by atoms with Crippen molar-refractivity contribution in [2.24, 2.45) is 11.3 Å². The second-order valence-corrected chi connectivity index (χ2v) is 6.27. The Kier molecular flexibility index (Phi) is 4.20. The van der Waals surface area contributed by atoms with E-state index in [-0.39, 0.29) is 5.41 Å². The van der Waals surface area contributed by atoms with E-state index < -0.39 is 0 Å². The van der Waals surface area contributed by atoms with Gasteiger partial charge < -0.3 is 0 Å². The van der Waals surface area contributed by atoms with Crippen LogP contribution in [0.5, 0.6) is 0 Å². The maximum absolute atomic E-state index is 9.53. The summed E-state index contributed by atoms with van der Waals surface area (Å²) in [6.07, 6.45) is 4.82. The first-order valence-corrected chi connectivity index (χ1v) is 7.16. The summed E-state index contributed by atoms with van der Waals surface area (Å²) in [4.78, 5) is 0. The lowest BCUT2D eigenvalue weighted by Crippen LogP contribution is -2.27. The summed E-state index contributed by atoms with van der Waals surface area (Å²) in [6, 6.07) is 8.06. The van der Waals surface area contributed by atoms with Crippen molar-refractivity contribution >= 4 is 23.2 Å². The highest BCUT2D eigenvalue weighted by Gasteiger charge is 2.35. The van der Waals surface area contributed by atoms with Crippen LogP contribution in [0.2, 0.25) is 10.0 Å². The minimum atomic E-state index is -0.277. The van der Waals surface area contributed by atoms with Crippen LogP contribution in [0.25, 0.3) is 0 Å². The molecule has 0 amide bonds. The maximum atomic E-state index is 9.53. The predicted octanol–water partition coefficient (Wildman–Crippen LogP) is 5.26. The Morgan fingerprint density at radius 2 is 1.83 bits per heavy atom. The highest BCUT2D eigenvalue weighted by Crippen LogP contribution is 2.43. The summed E-state index contributed by atoms with van der Waals surface area (Å²) in [6.45, 7) is 2.25. The number of halogens is 2. The molecule has 0 heterocycles. The van der Waals surface area contributed by atoms with Crippen LogP contribution in [0.1, 0.15) is 38.2 Å². The van der Waals surface area contributed by atoms with Gasteiger partial charge in [0.05, 0.1) is 11.5 Å². The summed E-state index contributed by atoms with van der Waals surface area (Å²) >= 11 is 12.4. The van der Waals surface area contributed by atoms with Gasteiger partial charge in [-0.25, -0.2) is 0 Å². The van der Waals surface area contributed by atoms with Crippen LogP contribution < -0.4 is 0 Å². The third-order valence-electron chi connectivity index (χ3n) is 4.05.